The standard InChI is InChI=1S/C29H31N7O6S.U/c1-43(39,40)35-29(38)30-15-14-22-23(42-25(41-22)16-21-10-6-3-7-11-21)17-36-19-33-26-27(31-18-32-28(26)36)34-24(37)13-12-20-8-4-2-5-9-20;/h2-11,14,17-19,22-23,25H,12-13,15-16H2,1H3,(H2,30,35,38)(H,31,32,34,37);/q-2;+2. The molecule has 15 heteroatoms. The van der Waals surface area contributed by atoms with Crippen molar-refractivity contribution in [3.63, 3.8) is 0 Å². The topological polar surface area (TPSA) is 166 Å². The van der Waals surface area contributed by atoms with E-state index in [0.717, 1.165) is 17.4 Å². The predicted octanol–water partition coefficient (Wildman–Crippen LogP) is 2.22. The number of amides is 3. The van der Waals surface area contributed by atoms with Gasteiger partial charge in [0.1, 0.15) is 12.1 Å². The number of anilines is 1. The van der Waals surface area contributed by atoms with Crippen LogP contribution >= 0.6 is 0 Å². The summed E-state index contributed by atoms with van der Waals surface area (Å²) < 4.78 is 38.5. The van der Waals surface area contributed by atoms with Gasteiger partial charge >= 0.3 is 37.1 Å². The third-order valence-corrected chi connectivity index (χ3v) is 7.04. The van der Waals surface area contributed by atoms with Gasteiger partial charge in [0.15, 0.2) is 6.29 Å². The maximum absolute atomic E-state index is 12.6. The van der Waals surface area contributed by atoms with E-state index in [9.17, 15) is 18.0 Å². The van der Waals surface area contributed by atoms with E-state index in [4.69, 9.17) is 9.47 Å². The van der Waals surface area contributed by atoms with Gasteiger partial charge in [-0.2, -0.15) is 0 Å². The molecule has 228 valence electrons. The van der Waals surface area contributed by atoms with Crippen molar-refractivity contribution in [2.24, 2.45) is 0 Å². The predicted molar refractivity (Wildman–Crippen MR) is 158 cm³/mol. The van der Waals surface area contributed by atoms with Gasteiger partial charge in [-0.1, -0.05) is 67.2 Å². The van der Waals surface area contributed by atoms with E-state index in [1.54, 1.807) is 23.9 Å². The number of fused-ring (bicyclic) bond motifs is 1. The van der Waals surface area contributed by atoms with Crippen LogP contribution in [-0.4, -0.2) is 71.2 Å². The summed E-state index contributed by atoms with van der Waals surface area (Å²) in [6, 6.07) is 18.6. The van der Waals surface area contributed by atoms with Crippen molar-refractivity contribution >= 4 is 38.9 Å². The fourth-order valence-corrected chi connectivity index (χ4v) is 4.94. The summed E-state index contributed by atoms with van der Waals surface area (Å²) in [6.07, 6.45) is 5.04. The zero-order valence-electron chi connectivity index (χ0n) is 23.8. The number of carbonyl (C=O) groups is 2. The number of benzene rings is 2. The minimum Gasteiger partial charge on any atom is -0.451 e. The number of nitrogens with zero attached hydrogens (tertiary/aromatic N) is 4. The summed E-state index contributed by atoms with van der Waals surface area (Å²) in [5.41, 5.74) is 2.94. The summed E-state index contributed by atoms with van der Waals surface area (Å²) >= 11 is 0. The maximum Gasteiger partial charge on any atom is 2.00 e. The Morgan fingerprint density at radius 2 is 1.64 bits per heavy atom. The van der Waals surface area contributed by atoms with E-state index in [1.165, 1.54) is 6.33 Å². The fourth-order valence-electron chi connectivity index (χ4n) is 4.53. The van der Waals surface area contributed by atoms with Crippen molar-refractivity contribution in [1.29, 1.82) is 0 Å². The second kappa shape index (κ2) is 15.5. The Bertz CT molecular complexity index is 1660. The van der Waals surface area contributed by atoms with E-state index in [0.29, 0.717) is 29.8 Å². The molecule has 0 bridgehead atoms. The van der Waals surface area contributed by atoms with E-state index in [1.807, 2.05) is 65.4 Å². The number of hydrogen-bond acceptors (Lipinski definition) is 9. The molecule has 4 aromatic rings. The molecule has 1 fully saturated rings. The molecule has 2 aromatic heterocycles. The van der Waals surface area contributed by atoms with Crippen LogP contribution < -0.4 is 15.4 Å². The van der Waals surface area contributed by atoms with Crippen molar-refractivity contribution in [3.05, 3.63) is 97.4 Å². The first-order valence-corrected chi connectivity index (χ1v) is 15.4. The zero-order valence-corrected chi connectivity index (χ0v) is 28.8. The monoisotopic (exact) mass is 843 g/mol. The molecule has 13 nitrogen and oxygen atoms in total. The number of carbonyl (C=O) groups excluding carboxylic acids is 2. The van der Waals surface area contributed by atoms with Gasteiger partial charge in [-0.05, 0) is 30.0 Å². The Balaban J connectivity index is 0.00000442. The van der Waals surface area contributed by atoms with Crippen molar-refractivity contribution < 1.29 is 58.6 Å². The number of nitrogens with one attached hydrogen (secondary N) is 3. The van der Waals surface area contributed by atoms with Crippen LogP contribution in [0.4, 0.5) is 10.6 Å². The van der Waals surface area contributed by atoms with Gasteiger partial charge in [-0.3, -0.25) is 16.2 Å². The van der Waals surface area contributed by atoms with E-state index < -0.39 is 34.6 Å². The Morgan fingerprint density at radius 3 is 2.34 bits per heavy atom. The largest absolute Gasteiger partial charge is 2.00 e. The average molecular weight is 844 g/mol. The summed E-state index contributed by atoms with van der Waals surface area (Å²) in [5, 5.41) is 5.30. The number of rotatable bonds is 12. The third-order valence-electron chi connectivity index (χ3n) is 6.49. The molecular formula is C29H31N7O6SU. The number of imidazole rings is 1. The first-order chi connectivity index (χ1) is 20.7. The summed E-state index contributed by atoms with van der Waals surface area (Å²) in [7, 11) is -3.70. The first kappa shape index (κ1) is 33.4. The molecule has 1 aliphatic heterocycles. The van der Waals surface area contributed by atoms with Gasteiger partial charge in [0, 0.05) is 18.9 Å². The molecule has 44 heavy (non-hydrogen) atoms. The molecule has 5 rings (SSSR count). The Morgan fingerprint density at radius 1 is 0.955 bits per heavy atom. The van der Waals surface area contributed by atoms with Crippen molar-refractivity contribution in [3.8, 4) is 0 Å². The van der Waals surface area contributed by atoms with E-state index in [2.05, 4.69) is 25.6 Å². The van der Waals surface area contributed by atoms with E-state index in [-0.39, 0.29) is 50.0 Å². The molecule has 3 amide bonds. The van der Waals surface area contributed by atoms with Crippen LogP contribution in [-0.2, 0) is 37.1 Å². The first-order valence-electron chi connectivity index (χ1n) is 13.5. The molecule has 3 heterocycles. The number of ether oxygens (including phenoxy) is 2. The molecule has 3 N–H and O–H groups in total. The van der Waals surface area contributed by atoms with Crippen LogP contribution in [0.3, 0.4) is 0 Å². The van der Waals surface area contributed by atoms with Crippen molar-refractivity contribution in [2.45, 2.75) is 37.8 Å². The quantitative estimate of drug-likeness (QED) is 0.182. The molecule has 3 atom stereocenters. The average Bonchev–Trinajstić information content (AvgIpc) is 3.56. The van der Waals surface area contributed by atoms with Gasteiger partial charge in [0.2, 0.25) is 15.9 Å². The van der Waals surface area contributed by atoms with Crippen LogP contribution in [0.15, 0.2) is 73.3 Å². The second-order valence-corrected chi connectivity index (χ2v) is 11.6. The summed E-state index contributed by atoms with van der Waals surface area (Å²) in [5.74, 6) is 0.102. The third kappa shape index (κ3) is 9.51. The Hall–Kier alpha value is -3.48. The molecule has 0 spiro atoms. The maximum atomic E-state index is 12.6. The summed E-state index contributed by atoms with van der Waals surface area (Å²) in [4.78, 5) is 37.5. The number of urea groups is 1. The number of aryl methyl sites for hydroxylation is 1. The van der Waals surface area contributed by atoms with Gasteiger partial charge in [0.05, 0.1) is 17.4 Å². The molecule has 3 unspecified atom stereocenters. The smallest absolute Gasteiger partial charge is 0.451 e. The normalized spacial score (nSPS) is 17.9. The van der Waals surface area contributed by atoms with Crippen LogP contribution in [0, 0.1) is 44.1 Å². The van der Waals surface area contributed by atoms with Crippen LogP contribution in [0.5, 0.6) is 0 Å². The minimum atomic E-state index is -3.70. The number of hydrogen-bond donors (Lipinski definition) is 3. The molecule has 0 aliphatic carbocycles. The Kier molecular flexibility index (Phi) is 11.8. The van der Waals surface area contributed by atoms with Crippen molar-refractivity contribution in [1.82, 2.24) is 29.6 Å². The molecule has 1 saturated heterocycles. The second-order valence-electron chi connectivity index (χ2n) is 9.87. The van der Waals surface area contributed by atoms with Crippen LogP contribution in [0.25, 0.3) is 11.2 Å². The molecule has 1 aliphatic rings. The molecule has 2 aromatic carbocycles. The van der Waals surface area contributed by atoms with Gasteiger partial charge < -0.3 is 29.7 Å². The number of aromatic nitrogens is 4. The van der Waals surface area contributed by atoms with E-state index >= 15 is 0 Å². The molecule has 0 radical (unpaired) electrons. The van der Waals surface area contributed by atoms with Gasteiger partial charge in [-0.15, -0.1) is 6.54 Å². The zero-order chi connectivity index (χ0) is 30.2. The van der Waals surface area contributed by atoms with Gasteiger partial charge in [0.25, 0.3) is 0 Å². The van der Waals surface area contributed by atoms with Crippen LogP contribution in [0.2, 0.25) is 0 Å². The molecule has 0 saturated carbocycles. The summed E-state index contributed by atoms with van der Waals surface area (Å²) in [6.45, 7) is 1.76. The molecular weight excluding hydrogens is 812 g/mol. The fraction of sp³-hybridized carbons (Fsp3) is 0.276. The van der Waals surface area contributed by atoms with Crippen molar-refractivity contribution in [2.75, 3.05) is 18.1 Å². The van der Waals surface area contributed by atoms with Crippen LogP contribution in [0.1, 0.15) is 17.5 Å². The van der Waals surface area contributed by atoms with Gasteiger partial charge in [-0.25, -0.2) is 22.9 Å². The SMILES string of the molecule is CS(=O)(=O)NC(=O)NC[CH-]C1OC(Cc2ccccc2)OC1[CH-]n1cnc2c(NC(=O)CCc3ccccc3)ncnc21.[U+2]. The Labute approximate surface area is 279 Å². The minimum absolute atomic E-state index is 0. The number of sulfonamides is 1.